The van der Waals surface area contributed by atoms with E-state index in [1.165, 1.54) is 34.2 Å². The first-order valence-corrected chi connectivity index (χ1v) is 10.2. The highest BCUT2D eigenvalue weighted by Crippen LogP contribution is 2.38. The van der Waals surface area contributed by atoms with E-state index in [0.29, 0.717) is 11.5 Å². The van der Waals surface area contributed by atoms with Crippen LogP contribution in [0.25, 0.3) is 0 Å². The number of carbonyl (C=O) groups is 1. The highest BCUT2D eigenvalue weighted by atomic mass is 16.5. The van der Waals surface area contributed by atoms with Crippen molar-refractivity contribution < 1.29 is 14.6 Å². The Morgan fingerprint density at radius 1 is 0.966 bits per heavy atom. The van der Waals surface area contributed by atoms with Crippen LogP contribution in [0.1, 0.15) is 50.5 Å². The van der Waals surface area contributed by atoms with E-state index in [0.717, 1.165) is 31.4 Å². The molecule has 0 radical (unpaired) electrons. The van der Waals surface area contributed by atoms with E-state index in [4.69, 9.17) is 9.84 Å². The molecule has 0 aromatic heterocycles. The summed E-state index contributed by atoms with van der Waals surface area (Å²) in [4.78, 5) is 11.0. The summed E-state index contributed by atoms with van der Waals surface area (Å²) < 4.78 is 5.28. The average Bonchev–Trinajstić information content (AvgIpc) is 3.16. The molecule has 0 bridgehead atoms. The summed E-state index contributed by atoms with van der Waals surface area (Å²) in [5.41, 5.74) is 7.32. The Bertz CT molecular complexity index is 987. The number of benzene rings is 3. The zero-order valence-corrected chi connectivity index (χ0v) is 16.7. The largest absolute Gasteiger partial charge is 0.497 e. The summed E-state index contributed by atoms with van der Waals surface area (Å²) in [5.74, 6) is 0.581. The van der Waals surface area contributed by atoms with Gasteiger partial charge in [0.15, 0.2) is 0 Å². The van der Waals surface area contributed by atoms with Gasteiger partial charge in [-0.25, -0.2) is 4.79 Å². The summed E-state index contributed by atoms with van der Waals surface area (Å²) in [6.07, 6.45) is 5.31. The van der Waals surface area contributed by atoms with Gasteiger partial charge >= 0.3 is 5.97 Å². The second kappa shape index (κ2) is 8.52. The van der Waals surface area contributed by atoms with Crippen LogP contribution in [0, 0.1) is 0 Å². The van der Waals surface area contributed by atoms with Crippen molar-refractivity contribution >= 4 is 5.97 Å². The molecule has 3 heteroatoms. The van der Waals surface area contributed by atoms with Gasteiger partial charge in [-0.2, -0.15) is 0 Å². The lowest BCUT2D eigenvalue weighted by Gasteiger charge is -2.17. The zero-order valence-electron chi connectivity index (χ0n) is 16.7. The van der Waals surface area contributed by atoms with Gasteiger partial charge in [0.05, 0.1) is 12.7 Å². The summed E-state index contributed by atoms with van der Waals surface area (Å²) in [5, 5.41) is 9.06. The van der Waals surface area contributed by atoms with Gasteiger partial charge in [-0.05, 0) is 90.1 Å². The van der Waals surface area contributed by atoms with E-state index in [1.54, 1.807) is 19.2 Å². The molecule has 0 saturated carbocycles. The fraction of sp³-hybridized carbons (Fsp3) is 0.269. The van der Waals surface area contributed by atoms with E-state index in [2.05, 4.69) is 30.3 Å². The van der Waals surface area contributed by atoms with Gasteiger partial charge in [-0.15, -0.1) is 0 Å². The van der Waals surface area contributed by atoms with Crippen molar-refractivity contribution in [3.05, 3.63) is 100 Å². The molecular formula is C26H26O3. The topological polar surface area (TPSA) is 46.5 Å². The lowest BCUT2D eigenvalue weighted by atomic mass is 9.88. The van der Waals surface area contributed by atoms with Crippen LogP contribution in [-0.2, 0) is 25.7 Å². The first kappa shape index (κ1) is 19.3. The molecule has 3 nitrogen and oxygen atoms in total. The van der Waals surface area contributed by atoms with Crippen molar-refractivity contribution in [3.8, 4) is 5.75 Å². The van der Waals surface area contributed by atoms with E-state index in [-0.39, 0.29) is 0 Å². The SMILES string of the molecule is COc1ccc(CC2CCc3cccc(CCc4ccc(C(=O)O)cc4)c32)cc1. The molecule has 1 unspecified atom stereocenters. The van der Waals surface area contributed by atoms with E-state index in [1.807, 2.05) is 24.3 Å². The van der Waals surface area contributed by atoms with E-state index < -0.39 is 5.97 Å². The van der Waals surface area contributed by atoms with Crippen molar-refractivity contribution in [2.45, 2.75) is 38.0 Å². The number of carboxylic acid groups (broad SMARTS) is 1. The molecule has 1 atom stereocenters. The molecule has 1 aliphatic carbocycles. The number of carboxylic acids is 1. The summed E-state index contributed by atoms with van der Waals surface area (Å²) >= 11 is 0. The third-order valence-electron chi connectivity index (χ3n) is 5.98. The number of fused-ring (bicyclic) bond motifs is 1. The quantitative estimate of drug-likeness (QED) is 0.587. The van der Waals surface area contributed by atoms with E-state index in [9.17, 15) is 4.79 Å². The smallest absolute Gasteiger partial charge is 0.335 e. The zero-order chi connectivity index (χ0) is 20.2. The van der Waals surface area contributed by atoms with Crippen LogP contribution in [-0.4, -0.2) is 18.2 Å². The predicted octanol–water partition coefficient (Wildman–Crippen LogP) is 5.45. The number of methoxy groups -OCH3 is 1. The Morgan fingerprint density at radius 3 is 2.38 bits per heavy atom. The lowest BCUT2D eigenvalue weighted by molar-refractivity contribution is 0.0697. The molecule has 0 fully saturated rings. The molecule has 3 aromatic rings. The second-order valence-corrected chi connectivity index (χ2v) is 7.78. The van der Waals surface area contributed by atoms with Gasteiger partial charge in [0.1, 0.15) is 5.75 Å². The molecule has 3 aromatic carbocycles. The van der Waals surface area contributed by atoms with Crippen LogP contribution in [0.4, 0.5) is 0 Å². The number of ether oxygens (including phenoxy) is 1. The maximum Gasteiger partial charge on any atom is 0.335 e. The standard InChI is InChI=1S/C26H26O3/c1-29-24-15-8-19(9-16-24)17-23-14-13-21-4-2-3-20(25(21)23)10-5-18-6-11-22(12-7-18)26(27)28/h2-4,6-9,11-12,15-16,23H,5,10,13-14,17H2,1H3,(H,27,28). The van der Waals surface area contributed by atoms with Crippen molar-refractivity contribution in [2.75, 3.05) is 7.11 Å². The fourth-order valence-corrected chi connectivity index (χ4v) is 4.44. The van der Waals surface area contributed by atoms with Crippen molar-refractivity contribution in [1.29, 1.82) is 0 Å². The minimum absolute atomic E-state index is 0.342. The number of hydrogen-bond acceptors (Lipinski definition) is 2. The molecule has 1 N–H and O–H groups in total. The molecule has 29 heavy (non-hydrogen) atoms. The van der Waals surface area contributed by atoms with E-state index >= 15 is 0 Å². The van der Waals surface area contributed by atoms with Crippen LogP contribution in [0.2, 0.25) is 0 Å². The molecule has 148 valence electrons. The highest BCUT2D eigenvalue weighted by molar-refractivity contribution is 5.87. The molecule has 0 spiro atoms. The van der Waals surface area contributed by atoms with Gasteiger partial charge in [-0.3, -0.25) is 0 Å². The minimum Gasteiger partial charge on any atom is -0.497 e. The average molecular weight is 386 g/mol. The molecule has 0 amide bonds. The Labute approximate surface area is 172 Å². The first-order chi connectivity index (χ1) is 14.1. The van der Waals surface area contributed by atoms with Crippen LogP contribution in [0.3, 0.4) is 0 Å². The summed E-state index contributed by atoms with van der Waals surface area (Å²) in [6.45, 7) is 0. The Morgan fingerprint density at radius 2 is 1.69 bits per heavy atom. The van der Waals surface area contributed by atoms with Gasteiger partial charge in [0.25, 0.3) is 0 Å². The lowest BCUT2D eigenvalue weighted by Crippen LogP contribution is -2.04. The molecule has 0 heterocycles. The van der Waals surface area contributed by atoms with Crippen molar-refractivity contribution in [3.63, 3.8) is 0 Å². The molecule has 1 aliphatic rings. The minimum atomic E-state index is -0.876. The summed E-state index contributed by atoms with van der Waals surface area (Å²) in [6, 6.07) is 22.4. The first-order valence-electron chi connectivity index (χ1n) is 10.2. The predicted molar refractivity (Wildman–Crippen MR) is 115 cm³/mol. The van der Waals surface area contributed by atoms with Gasteiger partial charge in [-0.1, -0.05) is 42.5 Å². The Balaban J connectivity index is 1.49. The molecular weight excluding hydrogens is 360 g/mol. The summed E-state index contributed by atoms with van der Waals surface area (Å²) in [7, 11) is 1.70. The molecule has 0 aliphatic heterocycles. The van der Waals surface area contributed by atoms with Crippen LogP contribution >= 0.6 is 0 Å². The van der Waals surface area contributed by atoms with Crippen molar-refractivity contribution in [1.82, 2.24) is 0 Å². The van der Waals surface area contributed by atoms with Gasteiger partial charge in [0.2, 0.25) is 0 Å². The number of aromatic carboxylic acids is 1. The van der Waals surface area contributed by atoms with Gasteiger partial charge in [0, 0.05) is 0 Å². The molecule has 0 saturated heterocycles. The number of aryl methyl sites for hydroxylation is 3. The highest BCUT2D eigenvalue weighted by Gasteiger charge is 2.25. The third-order valence-corrected chi connectivity index (χ3v) is 5.98. The number of rotatable bonds is 7. The van der Waals surface area contributed by atoms with Crippen LogP contribution in [0.5, 0.6) is 5.75 Å². The monoisotopic (exact) mass is 386 g/mol. The Hall–Kier alpha value is -3.07. The number of hydrogen-bond donors (Lipinski definition) is 1. The fourth-order valence-electron chi connectivity index (χ4n) is 4.44. The van der Waals surface area contributed by atoms with Crippen LogP contribution in [0.15, 0.2) is 66.7 Å². The maximum absolute atomic E-state index is 11.0. The third kappa shape index (κ3) is 4.34. The maximum atomic E-state index is 11.0. The van der Waals surface area contributed by atoms with Crippen LogP contribution < -0.4 is 4.74 Å². The van der Waals surface area contributed by atoms with Crippen molar-refractivity contribution in [2.24, 2.45) is 0 Å². The van der Waals surface area contributed by atoms with Gasteiger partial charge < -0.3 is 9.84 Å². The Kier molecular flexibility index (Phi) is 5.66. The second-order valence-electron chi connectivity index (χ2n) is 7.78. The molecule has 4 rings (SSSR count). The normalized spacial score (nSPS) is 15.1.